The SMILES string of the molecule is CC12CCC(C1)C(C)(C)C2Nc1cc(Cl)nc(C2CC2)n1. The smallest absolute Gasteiger partial charge is 0.135 e. The van der Waals surface area contributed by atoms with Crippen molar-refractivity contribution in [2.45, 2.75) is 64.8 Å². The molecule has 0 aromatic carbocycles. The van der Waals surface area contributed by atoms with Gasteiger partial charge in [0, 0.05) is 18.0 Å². The lowest BCUT2D eigenvalue weighted by Gasteiger charge is -2.43. The van der Waals surface area contributed by atoms with Gasteiger partial charge in [0.25, 0.3) is 0 Å². The van der Waals surface area contributed by atoms with E-state index in [4.69, 9.17) is 16.6 Å². The number of fused-ring (bicyclic) bond motifs is 2. The Labute approximate surface area is 131 Å². The molecule has 1 aromatic heterocycles. The van der Waals surface area contributed by atoms with Crippen LogP contribution in [0, 0.1) is 16.7 Å². The molecule has 0 amide bonds. The fourth-order valence-electron chi connectivity index (χ4n) is 4.84. The number of nitrogens with one attached hydrogen (secondary N) is 1. The van der Waals surface area contributed by atoms with Crippen LogP contribution >= 0.6 is 11.6 Å². The Hall–Kier alpha value is -0.830. The van der Waals surface area contributed by atoms with Crippen LogP contribution in [0.25, 0.3) is 0 Å². The van der Waals surface area contributed by atoms with Crippen molar-refractivity contribution >= 4 is 17.4 Å². The first-order chi connectivity index (χ1) is 9.88. The van der Waals surface area contributed by atoms with Gasteiger partial charge in [0.1, 0.15) is 16.8 Å². The minimum Gasteiger partial charge on any atom is -0.366 e. The van der Waals surface area contributed by atoms with Gasteiger partial charge in [0.05, 0.1) is 0 Å². The summed E-state index contributed by atoms with van der Waals surface area (Å²) in [6, 6.07) is 2.36. The second-order valence-electron chi connectivity index (χ2n) is 8.20. The van der Waals surface area contributed by atoms with E-state index in [2.05, 4.69) is 31.1 Å². The van der Waals surface area contributed by atoms with Crippen molar-refractivity contribution in [1.82, 2.24) is 9.97 Å². The first-order valence-electron chi connectivity index (χ1n) is 8.19. The molecule has 3 fully saturated rings. The van der Waals surface area contributed by atoms with E-state index >= 15 is 0 Å². The summed E-state index contributed by atoms with van der Waals surface area (Å²) in [4.78, 5) is 9.12. The Morgan fingerprint density at radius 2 is 1.95 bits per heavy atom. The van der Waals surface area contributed by atoms with Crippen LogP contribution in [0.15, 0.2) is 6.07 Å². The summed E-state index contributed by atoms with van der Waals surface area (Å²) in [6.45, 7) is 7.25. The van der Waals surface area contributed by atoms with Crippen LogP contribution in [0.4, 0.5) is 5.82 Å². The molecule has 4 heteroatoms. The van der Waals surface area contributed by atoms with Gasteiger partial charge in [-0.15, -0.1) is 0 Å². The molecule has 1 aromatic rings. The van der Waals surface area contributed by atoms with Crippen molar-refractivity contribution in [2.24, 2.45) is 16.7 Å². The number of aromatic nitrogens is 2. The highest BCUT2D eigenvalue weighted by Gasteiger charge is 2.59. The molecule has 114 valence electrons. The lowest BCUT2D eigenvalue weighted by molar-refractivity contribution is 0.155. The fraction of sp³-hybridized carbons (Fsp3) is 0.765. The third kappa shape index (κ3) is 2.16. The first kappa shape index (κ1) is 13.8. The lowest BCUT2D eigenvalue weighted by atomic mass is 9.68. The molecule has 3 nitrogen and oxygen atoms in total. The van der Waals surface area contributed by atoms with Crippen LogP contribution in [0.2, 0.25) is 5.15 Å². The van der Waals surface area contributed by atoms with Crippen LogP contribution in [0.3, 0.4) is 0 Å². The maximum absolute atomic E-state index is 6.20. The van der Waals surface area contributed by atoms with E-state index in [-0.39, 0.29) is 0 Å². The van der Waals surface area contributed by atoms with E-state index in [0.29, 0.717) is 27.9 Å². The zero-order chi connectivity index (χ0) is 14.8. The molecule has 0 aliphatic heterocycles. The summed E-state index contributed by atoms with van der Waals surface area (Å²) in [5.74, 6) is 3.22. The maximum atomic E-state index is 6.20. The molecule has 0 saturated heterocycles. The summed E-state index contributed by atoms with van der Waals surface area (Å²) in [7, 11) is 0. The quantitative estimate of drug-likeness (QED) is 0.827. The van der Waals surface area contributed by atoms with Gasteiger partial charge in [0.2, 0.25) is 0 Å². The molecular weight excluding hydrogens is 282 g/mol. The zero-order valence-corrected chi connectivity index (χ0v) is 13.9. The Kier molecular flexibility index (Phi) is 2.86. The number of rotatable bonds is 3. The van der Waals surface area contributed by atoms with E-state index in [1.807, 2.05) is 6.07 Å². The normalized spacial score (nSPS) is 37.0. The zero-order valence-electron chi connectivity index (χ0n) is 13.1. The van der Waals surface area contributed by atoms with Gasteiger partial charge in [-0.25, -0.2) is 9.97 Å². The number of nitrogens with zero attached hydrogens (tertiary/aromatic N) is 2. The van der Waals surface area contributed by atoms with Gasteiger partial charge in [-0.1, -0.05) is 32.4 Å². The molecule has 3 aliphatic rings. The minimum absolute atomic E-state index is 0.324. The van der Waals surface area contributed by atoms with Crippen LogP contribution in [-0.2, 0) is 0 Å². The number of halogens is 1. The Morgan fingerprint density at radius 1 is 1.19 bits per heavy atom. The molecular formula is C17H24ClN3. The van der Waals surface area contributed by atoms with Gasteiger partial charge in [-0.05, 0) is 48.9 Å². The van der Waals surface area contributed by atoms with Crippen molar-refractivity contribution in [3.05, 3.63) is 17.0 Å². The van der Waals surface area contributed by atoms with Crippen LogP contribution in [-0.4, -0.2) is 16.0 Å². The third-order valence-electron chi connectivity index (χ3n) is 6.22. The molecule has 2 bridgehead atoms. The molecule has 3 atom stereocenters. The van der Waals surface area contributed by atoms with Crippen LogP contribution in [0.5, 0.6) is 0 Å². The second kappa shape index (κ2) is 4.34. The summed E-state index contributed by atoms with van der Waals surface area (Å²) < 4.78 is 0. The molecule has 3 aliphatic carbocycles. The van der Waals surface area contributed by atoms with E-state index in [1.165, 1.54) is 32.1 Å². The first-order valence-corrected chi connectivity index (χ1v) is 8.57. The molecule has 0 radical (unpaired) electrons. The average Bonchev–Trinajstić information content (AvgIpc) is 3.14. The van der Waals surface area contributed by atoms with Gasteiger partial charge < -0.3 is 5.32 Å². The molecule has 21 heavy (non-hydrogen) atoms. The predicted octanol–water partition coefficient (Wildman–Crippen LogP) is 4.63. The monoisotopic (exact) mass is 305 g/mol. The minimum atomic E-state index is 0.324. The van der Waals surface area contributed by atoms with E-state index in [9.17, 15) is 0 Å². The Balaban J connectivity index is 1.63. The van der Waals surface area contributed by atoms with E-state index in [1.54, 1.807) is 0 Å². The van der Waals surface area contributed by atoms with Crippen LogP contribution in [0.1, 0.15) is 64.6 Å². The standard InChI is InChI=1S/C17H24ClN3/c1-16(2)11-6-7-17(3,9-11)15(16)21-13-8-12(18)19-14(20-13)10-4-5-10/h8,10-11,15H,4-7,9H2,1-3H3,(H,19,20,21). The van der Waals surface area contributed by atoms with Gasteiger partial charge in [0.15, 0.2) is 0 Å². The lowest BCUT2D eigenvalue weighted by Crippen LogP contribution is -2.46. The van der Waals surface area contributed by atoms with Crippen molar-refractivity contribution in [1.29, 1.82) is 0 Å². The highest BCUT2D eigenvalue weighted by atomic mass is 35.5. The summed E-state index contributed by atoms with van der Waals surface area (Å²) in [6.07, 6.45) is 6.45. The van der Waals surface area contributed by atoms with E-state index in [0.717, 1.165) is 17.6 Å². The Bertz CT molecular complexity index is 577. The van der Waals surface area contributed by atoms with Crippen LogP contribution < -0.4 is 5.32 Å². The number of hydrogen-bond donors (Lipinski definition) is 1. The van der Waals surface area contributed by atoms with Gasteiger partial charge in [-0.2, -0.15) is 0 Å². The molecule has 0 spiro atoms. The highest BCUT2D eigenvalue weighted by molar-refractivity contribution is 6.29. The molecule has 3 saturated carbocycles. The largest absolute Gasteiger partial charge is 0.366 e. The average molecular weight is 306 g/mol. The topological polar surface area (TPSA) is 37.8 Å². The van der Waals surface area contributed by atoms with Crippen molar-refractivity contribution in [3.8, 4) is 0 Å². The number of anilines is 1. The third-order valence-corrected chi connectivity index (χ3v) is 6.41. The predicted molar refractivity (Wildman–Crippen MR) is 85.7 cm³/mol. The Morgan fingerprint density at radius 3 is 2.57 bits per heavy atom. The van der Waals surface area contributed by atoms with E-state index < -0.39 is 0 Å². The summed E-state index contributed by atoms with van der Waals surface area (Å²) in [5.41, 5.74) is 0.718. The fourth-order valence-corrected chi connectivity index (χ4v) is 5.03. The maximum Gasteiger partial charge on any atom is 0.135 e. The number of hydrogen-bond acceptors (Lipinski definition) is 3. The van der Waals surface area contributed by atoms with Crippen molar-refractivity contribution < 1.29 is 0 Å². The van der Waals surface area contributed by atoms with Gasteiger partial charge >= 0.3 is 0 Å². The second-order valence-corrected chi connectivity index (χ2v) is 8.59. The summed E-state index contributed by atoms with van der Waals surface area (Å²) in [5, 5.41) is 4.30. The van der Waals surface area contributed by atoms with Gasteiger partial charge in [-0.3, -0.25) is 0 Å². The van der Waals surface area contributed by atoms with Crippen molar-refractivity contribution in [2.75, 3.05) is 5.32 Å². The van der Waals surface area contributed by atoms with Crippen molar-refractivity contribution in [3.63, 3.8) is 0 Å². The molecule has 3 unspecified atom stereocenters. The molecule has 4 rings (SSSR count). The summed E-state index contributed by atoms with van der Waals surface area (Å²) >= 11 is 6.20. The highest BCUT2D eigenvalue weighted by Crippen LogP contribution is 2.63. The molecule has 1 heterocycles. The molecule has 1 N–H and O–H groups in total.